The summed E-state index contributed by atoms with van der Waals surface area (Å²) in [6.07, 6.45) is 0. The van der Waals surface area contributed by atoms with E-state index in [9.17, 15) is 0 Å². The number of ether oxygens (including phenoxy) is 1. The Bertz CT molecular complexity index is 20.4. The summed E-state index contributed by atoms with van der Waals surface area (Å²) in [4.78, 5) is 0. The van der Waals surface area contributed by atoms with Crippen LogP contribution >= 0.6 is 0 Å². The molecule has 34 valence electrons. The molecule has 0 saturated heterocycles. The molecule has 0 radical (unpaired) electrons. The van der Waals surface area contributed by atoms with Gasteiger partial charge in [-0.05, 0) is 0 Å². The van der Waals surface area contributed by atoms with Gasteiger partial charge in [0.15, 0.2) is 0 Å². The van der Waals surface area contributed by atoms with Crippen LogP contribution in [-0.2, 0) is 4.74 Å². The molecule has 0 aliphatic carbocycles. The van der Waals surface area contributed by atoms with Crippen LogP contribution in [0.4, 0.5) is 0 Å². The predicted octanol–water partition coefficient (Wildman–Crippen LogP) is -3.26. The van der Waals surface area contributed by atoms with Gasteiger partial charge in [0.1, 0.15) is 0 Å². The second kappa shape index (κ2) is 9.75. The fraction of sp³-hybridized carbons (Fsp3) is 1.00. The third-order valence-corrected chi connectivity index (χ3v) is 0.295. The van der Waals surface area contributed by atoms with Gasteiger partial charge < -0.3 is 11.3 Å². The molecular weight excluding hydrogens is 107 g/mol. The van der Waals surface area contributed by atoms with Crippen molar-refractivity contribution >= 4 is 0 Å². The van der Waals surface area contributed by atoms with Crippen LogP contribution in [0.5, 0.6) is 0 Å². The number of rotatable bonds is 2. The largest absolute Gasteiger partial charge is 1.00 e. The van der Waals surface area contributed by atoms with Crippen molar-refractivity contribution in [1.29, 1.82) is 0 Å². The molecule has 0 saturated carbocycles. The molecule has 0 heterocycles. The van der Waals surface area contributed by atoms with E-state index in [0.29, 0.717) is 6.61 Å². The summed E-state index contributed by atoms with van der Waals surface area (Å²) in [6.45, 7) is 0.566. The molecule has 0 aliphatic heterocycles. The maximum absolute atomic E-state index is 7.94. The molecular formula is C3H9KO2. The quantitative estimate of drug-likeness (QED) is 0.384. The summed E-state index contributed by atoms with van der Waals surface area (Å²) in [6, 6.07) is 0. The number of hydrogen-bond donors (Lipinski definition) is 1. The van der Waals surface area contributed by atoms with Gasteiger partial charge in [-0.1, -0.05) is 0 Å². The van der Waals surface area contributed by atoms with Crippen molar-refractivity contribution in [3.8, 4) is 0 Å². The van der Waals surface area contributed by atoms with Crippen molar-refractivity contribution in [1.82, 2.24) is 0 Å². The molecule has 1 N–H and O–H groups in total. The molecule has 0 rings (SSSR count). The van der Waals surface area contributed by atoms with E-state index in [0.717, 1.165) is 0 Å². The van der Waals surface area contributed by atoms with Gasteiger partial charge in [-0.3, -0.25) is 0 Å². The Hall–Kier alpha value is 1.56. The third-order valence-electron chi connectivity index (χ3n) is 0.295. The zero-order chi connectivity index (χ0) is 4.12. The van der Waals surface area contributed by atoms with Gasteiger partial charge >= 0.3 is 51.4 Å². The Kier molecular flexibility index (Phi) is 17.1. The van der Waals surface area contributed by atoms with E-state index in [4.69, 9.17) is 5.11 Å². The molecule has 0 atom stereocenters. The molecule has 3 heteroatoms. The van der Waals surface area contributed by atoms with E-state index in [1.54, 1.807) is 7.11 Å². The van der Waals surface area contributed by atoms with Crippen LogP contribution in [0.3, 0.4) is 0 Å². The molecule has 0 amide bonds. The van der Waals surface area contributed by atoms with Gasteiger partial charge in [0.25, 0.3) is 0 Å². The fourth-order valence-electron chi connectivity index (χ4n) is 0.0913. The Balaban J connectivity index is -0.0000000800. The minimum atomic E-state index is 0. The summed E-state index contributed by atoms with van der Waals surface area (Å²) in [5, 5.41) is 7.94. The summed E-state index contributed by atoms with van der Waals surface area (Å²) in [5.41, 5.74) is 0. The first-order chi connectivity index (χ1) is 2.41. The smallest absolute Gasteiger partial charge is 1.00 e. The Labute approximate surface area is 81.8 Å². The second-order valence-corrected chi connectivity index (χ2v) is 0.716. The molecule has 0 bridgehead atoms. The first-order valence-electron chi connectivity index (χ1n) is 1.51. The van der Waals surface area contributed by atoms with E-state index >= 15 is 0 Å². The Morgan fingerprint density at radius 3 is 2.33 bits per heavy atom. The molecule has 0 aromatic carbocycles. The van der Waals surface area contributed by atoms with Crippen molar-refractivity contribution in [3.63, 3.8) is 0 Å². The predicted molar refractivity (Wildman–Crippen MR) is 20.1 cm³/mol. The second-order valence-electron chi connectivity index (χ2n) is 0.716. The van der Waals surface area contributed by atoms with E-state index < -0.39 is 0 Å². The fourth-order valence-corrected chi connectivity index (χ4v) is 0.0913. The number of aliphatic hydroxyl groups excluding tert-OH is 1. The number of aliphatic hydroxyl groups is 1. The van der Waals surface area contributed by atoms with Crippen LogP contribution in [0.15, 0.2) is 0 Å². The summed E-state index contributed by atoms with van der Waals surface area (Å²) in [7, 11) is 1.55. The molecule has 0 unspecified atom stereocenters. The van der Waals surface area contributed by atoms with Crippen LogP contribution in [0.2, 0.25) is 0 Å². The Morgan fingerprint density at radius 1 is 1.83 bits per heavy atom. The van der Waals surface area contributed by atoms with E-state index in [2.05, 4.69) is 4.74 Å². The zero-order valence-corrected chi connectivity index (χ0v) is 7.39. The molecule has 6 heavy (non-hydrogen) atoms. The van der Waals surface area contributed by atoms with Crippen LogP contribution in [-0.4, -0.2) is 25.4 Å². The van der Waals surface area contributed by atoms with Crippen molar-refractivity contribution < 1.29 is 62.7 Å². The van der Waals surface area contributed by atoms with Crippen LogP contribution in [0.1, 0.15) is 1.43 Å². The number of methoxy groups -OCH3 is 1. The van der Waals surface area contributed by atoms with Gasteiger partial charge in [0.05, 0.1) is 13.2 Å². The Morgan fingerprint density at radius 2 is 2.33 bits per heavy atom. The van der Waals surface area contributed by atoms with Crippen LogP contribution in [0, 0.1) is 0 Å². The van der Waals surface area contributed by atoms with Gasteiger partial charge in [-0.15, -0.1) is 0 Å². The number of hydrogen-bond acceptors (Lipinski definition) is 2. The van der Waals surface area contributed by atoms with Crippen molar-refractivity contribution in [2.45, 2.75) is 0 Å². The maximum Gasteiger partial charge on any atom is 1.00 e. The average Bonchev–Trinajstić information content (AvgIpc) is 1.41. The minimum absolute atomic E-state index is 0. The van der Waals surface area contributed by atoms with Crippen molar-refractivity contribution in [2.24, 2.45) is 0 Å². The molecule has 0 aromatic heterocycles. The standard InChI is InChI=1S/C3H8O2.K.H/c1-5-3-2-4;;/h4H,2-3H2,1H3;;/q;+1;-1. The molecule has 0 aliphatic rings. The normalized spacial score (nSPS) is 7.00. The molecule has 0 fully saturated rings. The van der Waals surface area contributed by atoms with Crippen LogP contribution in [0.25, 0.3) is 0 Å². The van der Waals surface area contributed by atoms with Crippen molar-refractivity contribution in [2.75, 3.05) is 20.3 Å². The third kappa shape index (κ3) is 9.12. The van der Waals surface area contributed by atoms with Gasteiger partial charge in [-0.2, -0.15) is 0 Å². The van der Waals surface area contributed by atoms with Crippen LogP contribution < -0.4 is 51.4 Å². The molecule has 2 nitrogen and oxygen atoms in total. The van der Waals surface area contributed by atoms with Crippen molar-refractivity contribution in [3.05, 3.63) is 0 Å². The molecule has 0 spiro atoms. The first kappa shape index (κ1) is 10.5. The maximum atomic E-state index is 7.94. The molecule has 0 aromatic rings. The average molecular weight is 116 g/mol. The van der Waals surface area contributed by atoms with E-state index in [1.807, 2.05) is 0 Å². The van der Waals surface area contributed by atoms with E-state index in [-0.39, 0.29) is 59.4 Å². The monoisotopic (exact) mass is 116 g/mol. The first-order valence-corrected chi connectivity index (χ1v) is 1.51. The summed E-state index contributed by atoms with van der Waals surface area (Å²) >= 11 is 0. The topological polar surface area (TPSA) is 29.5 Å². The van der Waals surface area contributed by atoms with Gasteiger partial charge in [0, 0.05) is 7.11 Å². The van der Waals surface area contributed by atoms with Gasteiger partial charge in [-0.25, -0.2) is 0 Å². The summed E-state index contributed by atoms with van der Waals surface area (Å²) < 4.78 is 4.44. The van der Waals surface area contributed by atoms with E-state index in [1.165, 1.54) is 0 Å². The SMILES string of the molecule is COCCO.[H-].[K+]. The zero-order valence-electron chi connectivity index (χ0n) is 5.27. The summed E-state index contributed by atoms with van der Waals surface area (Å²) in [5.74, 6) is 0. The van der Waals surface area contributed by atoms with Gasteiger partial charge in [0.2, 0.25) is 0 Å². The minimum Gasteiger partial charge on any atom is -1.00 e.